The van der Waals surface area contributed by atoms with Crippen LogP contribution in [0, 0.1) is 0 Å². The Bertz CT molecular complexity index is 1480. The number of hydrogen-bond acceptors (Lipinski definition) is 4. The van der Waals surface area contributed by atoms with Crippen LogP contribution in [0.3, 0.4) is 0 Å². The van der Waals surface area contributed by atoms with Crippen molar-refractivity contribution in [3.8, 4) is 5.75 Å². The summed E-state index contributed by atoms with van der Waals surface area (Å²) in [6.07, 6.45) is 1.77. The molecule has 2 heterocycles. The minimum Gasteiger partial charge on any atom is -0.486 e. The van der Waals surface area contributed by atoms with Crippen LogP contribution in [-0.4, -0.2) is 15.7 Å². The number of ether oxygens (including phenoxy) is 1. The van der Waals surface area contributed by atoms with Crippen molar-refractivity contribution in [2.24, 2.45) is 0 Å². The number of hydrogen-bond donors (Lipinski definition) is 1. The zero-order valence-electron chi connectivity index (χ0n) is 17.9. The van der Waals surface area contributed by atoms with E-state index >= 15 is 0 Å². The van der Waals surface area contributed by atoms with E-state index in [2.05, 4.69) is 10.4 Å². The van der Waals surface area contributed by atoms with E-state index in [9.17, 15) is 4.79 Å². The van der Waals surface area contributed by atoms with Gasteiger partial charge in [0.15, 0.2) is 11.6 Å². The number of carbonyl (C=O) groups excluding carboxylic acids is 1. The fourth-order valence-electron chi connectivity index (χ4n) is 3.51. The zero-order chi connectivity index (χ0) is 23.5. The summed E-state index contributed by atoms with van der Waals surface area (Å²) >= 11 is 12.0. The lowest BCUT2D eigenvalue weighted by molar-refractivity contribution is 0.0992. The molecule has 5 aromatic rings. The fraction of sp³-hybridized carbons (Fsp3) is 0.0769. The number of halogens is 2. The van der Waals surface area contributed by atoms with Gasteiger partial charge in [-0.25, -0.2) is 0 Å². The number of amides is 1. The van der Waals surface area contributed by atoms with Crippen LogP contribution in [0.25, 0.3) is 10.8 Å². The molecular weight excluding hydrogens is 473 g/mol. The van der Waals surface area contributed by atoms with Crippen LogP contribution in [0.15, 0.2) is 89.5 Å². The van der Waals surface area contributed by atoms with E-state index in [0.717, 1.165) is 22.1 Å². The Hall–Kier alpha value is -3.74. The average molecular weight is 492 g/mol. The maximum absolute atomic E-state index is 12.6. The molecule has 6 nitrogen and oxygen atoms in total. The Morgan fingerprint density at radius 3 is 2.65 bits per heavy atom. The first-order valence-electron chi connectivity index (χ1n) is 10.5. The summed E-state index contributed by atoms with van der Waals surface area (Å²) in [6.45, 7) is 0.702. The van der Waals surface area contributed by atoms with Gasteiger partial charge in [-0.3, -0.25) is 9.48 Å². The lowest BCUT2D eigenvalue weighted by Crippen LogP contribution is -2.12. The van der Waals surface area contributed by atoms with Crippen molar-refractivity contribution in [1.82, 2.24) is 9.78 Å². The third-order valence-corrected chi connectivity index (χ3v) is 5.94. The van der Waals surface area contributed by atoms with Crippen LogP contribution in [0.1, 0.15) is 21.9 Å². The van der Waals surface area contributed by atoms with Crippen LogP contribution in [0.5, 0.6) is 5.75 Å². The fourth-order valence-corrected chi connectivity index (χ4v) is 3.83. The molecule has 5 rings (SSSR count). The van der Waals surface area contributed by atoms with Gasteiger partial charge in [0.1, 0.15) is 18.1 Å². The zero-order valence-corrected chi connectivity index (χ0v) is 19.4. The van der Waals surface area contributed by atoms with E-state index in [1.54, 1.807) is 41.2 Å². The van der Waals surface area contributed by atoms with Crippen molar-refractivity contribution < 1.29 is 13.9 Å². The van der Waals surface area contributed by atoms with Crippen LogP contribution >= 0.6 is 23.2 Å². The number of rotatable bonds is 7. The molecule has 0 aliphatic rings. The van der Waals surface area contributed by atoms with Crippen molar-refractivity contribution in [1.29, 1.82) is 0 Å². The van der Waals surface area contributed by atoms with Crippen molar-refractivity contribution in [3.63, 3.8) is 0 Å². The van der Waals surface area contributed by atoms with Crippen molar-refractivity contribution in [3.05, 3.63) is 112 Å². The summed E-state index contributed by atoms with van der Waals surface area (Å²) in [7, 11) is 0. The Morgan fingerprint density at radius 1 is 0.941 bits per heavy atom. The quantitative estimate of drug-likeness (QED) is 0.271. The Labute approximate surface area is 205 Å². The van der Waals surface area contributed by atoms with Gasteiger partial charge in [0.25, 0.3) is 5.91 Å². The molecule has 0 saturated heterocycles. The number of carbonyl (C=O) groups is 1. The molecule has 0 spiro atoms. The predicted octanol–water partition coefficient (Wildman–Crippen LogP) is 6.82. The van der Waals surface area contributed by atoms with Crippen molar-refractivity contribution >= 4 is 45.7 Å². The monoisotopic (exact) mass is 491 g/mol. The lowest BCUT2D eigenvalue weighted by Gasteiger charge is -2.06. The molecule has 1 N–H and O–H groups in total. The first-order chi connectivity index (χ1) is 16.5. The van der Waals surface area contributed by atoms with E-state index in [0.29, 0.717) is 28.2 Å². The number of nitrogens with zero attached hydrogens (tertiary/aromatic N) is 2. The lowest BCUT2D eigenvalue weighted by atomic mass is 10.1. The topological polar surface area (TPSA) is 69.3 Å². The van der Waals surface area contributed by atoms with Gasteiger partial charge in [0, 0.05) is 12.3 Å². The molecule has 170 valence electrons. The molecule has 0 saturated carbocycles. The third-order valence-electron chi connectivity index (χ3n) is 5.20. The van der Waals surface area contributed by atoms with Gasteiger partial charge in [-0.2, -0.15) is 5.10 Å². The van der Waals surface area contributed by atoms with E-state index in [-0.39, 0.29) is 12.4 Å². The molecule has 8 heteroatoms. The third kappa shape index (κ3) is 5.09. The Kier molecular flexibility index (Phi) is 6.25. The van der Waals surface area contributed by atoms with Gasteiger partial charge in [-0.05, 0) is 52.7 Å². The first-order valence-corrected chi connectivity index (χ1v) is 11.3. The molecule has 0 radical (unpaired) electrons. The molecule has 0 atom stereocenters. The van der Waals surface area contributed by atoms with Gasteiger partial charge in [-0.15, -0.1) is 0 Å². The van der Waals surface area contributed by atoms with Crippen molar-refractivity contribution in [2.75, 3.05) is 5.32 Å². The normalized spacial score (nSPS) is 11.0. The summed E-state index contributed by atoms with van der Waals surface area (Å²) in [5.41, 5.74) is 0.942. The average Bonchev–Trinajstić information content (AvgIpc) is 3.50. The highest BCUT2D eigenvalue weighted by Crippen LogP contribution is 2.24. The molecule has 1 amide bonds. The van der Waals surface area contributed by atoms with E-state index in [1.165, 1.54) is 0 Å². The Morgan fingerprint density at radius 2 is 1.79 bits per heavy atom. The number of anilines is 1. The molecule has 0 aliphatic carbocycles. The number of benzene rings is 3. The summed E-state index contributed by atoms with van der Waals surface area (Å²) in [5, 5.41) is 10.3. The molecule has 0 fully saturated rings. The highest BCUT2D eigenvalue weighted by molar-refractivity contribution is 6.42. The minimum absolute atomic E-state index is 0.177. The van der Waals surface area contributed by atoms with E-state index in [1.807, 2.05) is 48.5 Å². The van der Waals surface area contributed by atoms with Gasteiger partial charge >= 0.3 is 0 Å². The summed E-state index contributed by atoms with van der Waals surface area (Å²) in [6, 6.07) is 24.4. The Balaban J connectivity index is 1.18. The van der Waals surface area contributed by atoms with Crippen molar-refractivity contribution in [2.45, 2.75) is 13.2 Å². The molecule has 3 aromatic carbocycles. The van der Waals surface area contributed by atoms with Crippen LogP contribution in [-0.2, 0) is 13.2 Å². The molecule has 0 unspecified atom stereocenters. The van der Waals surface area contributed by atoms with Gasteiger partial charge in [0.2, 0.25) is 0 Å². The number of furan rings is 1. The first kappa shape index (κ1) is 22.1. The molecule has 34 heavy (non-hydrogen) atoms. The van der Waals surface area contributed by atoms with E-state index in [4.69, 9.17) is 32.4 Å². The number of aromatic nitrogens is 2. The molecule has 0 aliphatic heterocycles. The SMILES string of the molecule is O=C(Nc1ccn(Cc2ccc(Cl)c(Cl)c2)n1)c1ccc(COc2ccc3ccccc3c2)o1. The maximum atomic E-state index is 12.6. The second-order valence-electron chi connectivity index (χ2n) is 7.66. The minimum atomic E-state index is -0.392. The van der Waals surface area contributed by atoms with Crippen LogP contribution in [0.4, 0.5) is 5.82 Å². The predicted molar refractivity (Wildman–Crippen MR) is 133 cm³/mol. The summed E-state index contributed by atoms with van der Waals surface area (Å²) in [4.78, 5) is 12.6. The smallest absolute Gasteiger partial charge is 0.292 e. The molecule has 2 aromatic heterocycles. The highest BCUT2D eigenvalue weighted by atomic mass is 35.5. The second kappa shape index (κ2) is 9.63. The standard InChI is InChI=1S/C26H19Cl2N3O3/c27-22-9-5-17(13-23(22)28)15-31-12-11-25(30-31)29-26(32)24-10-8-21(34-24)16-33-20-7-6-18-3-1-2-4-19(18)14-20/h1-14H,15-16H2,(H,29,30,32). The number of nitrogens with one attached hydrogen (secondary N) is 1. The van der Waals surface area contributed by atoms with Crippen LogP contribution in [0.2, 0.25) is 10.0 Å². The van der Waals surface area contributed by atoms with E-state index < -0.39 is 5.91 Å². The van der Waals surface area contributed by atoms with Gasteiger partial charge in [0.05, 0.1) is 16.6 Å². The largest absolute Gasteiger partial charge is 0.486 e. The van der Waals surface area contributed by atoms with Gasteiger partial charge < -0.3 is 14.5 Å². The number of fused-ring (bicyclic) bond motifs is 1. The molecule has 0 bridgehead atoms. The van der Waals surface area contributed by atoms with Gasteiger partial charge in [-0.1, -0.05) is 59.6 Å². The molecular formula is C26H19Cl2N3O3. The highest BCUT2D eigenvalue weighted by Gasteiger charge is 2.13. The second-order valence-corrected chi connectivity index (χ2v) is 8.48. The summed E-state index contributed by atoms with van der Waals surface area (Å²) < 4.78 is 13.2. The maximum Gasteiger partial charge on any atom is 0.292 e. The summed E-state index contributed by atoms with van der Waals surface area (Å²) in [5.74, 6) is 1.47. The van der Waals surface area contributed by atoms with Crippen LogP contribution < -0.4 is 10.1 Å².